The van der Waals surface area contributed by atoms with Crippen molar-refractivity contribution in [2.45, 2.75) is 25.3 Å². The van der Waals surface area contributed by atoms with E-state index in [1.807, 2.05) is 11.4 Å². The maximum absolute atomic E-state index is 12.7. The van der Waals surface area contributed by atoms with Crippen LogP contribution in [0.3, 0.4) is 0 Å². The molecule has 0 radical (unpaired) electrons. The van der Waals surface area contributed by atoms with Gasteiger partial charge in [0.05, 0.1) is 12.3 Å². The van der Waals surface area contributed by atoms with E-state index in [-0.39, 0.29) is 18.6 Å². The Kier molecular flexibility index (Phi) is 3.75. The predicted molar refractivity (Wildman–Crippen MR) is 72.8 cm³/mol. The second kappa shape index (κ2) is 5.68. The summed E-state index contributed by atoms with van der Waals surface area (Å²) in [4.78, 5) is 15.1. The van der Waals surface area contributed by atoms with Crippen molar-refractivity contribution in [3.8, 4) is 5.69 Å². The largest absolute Gasteiger partial charge is 0.395 e. The number of hydrogen-bond donors (Lipinski definition) is 1. The van der Waals surface area contributed by atoms with Crippen LogP contribution in [-0.2, 0) is 0 Å². The molecule has 2 heterocycles. The molecular weight excluding hydrogens is 278 g/mol. The Morgan fingerprint density at radius 3 is 3.00 bits per heavy atom. The zero-order chi connectivity index (χ0) is 13.9. The van der Waals surface area contributed by atoms with Gasteiger partial charge in [-0.15, -0.1) is 16.4 Å². The fraction of sp³-hybridized carbons (Fsp3) is 0.500. The van der Waals surface area contributed by atoms with Crippen molar-refractivity contribution in [1.29, 1.82) is 0 Å². The maximum atomic E-state index is 12.7. The maximum Gasteiger partial charge on any atom is 0.266 e. The highest BCUT2D eigenvalue weighted by molar-refractivity contribution is 7.12. The van der Waals surface area contributed by atoms with E-state index in [0.29, 0.717) is 17.1 Å². The smallest absolute Gasteiger partial charge is 0.266 e. The first kappa shape index (κ1) is 13.2. The van der Waals surface area contributed by atoms with Gasteiger partial charge in [-0.25, -0.2) is 0 Å². The predicted octanol–water partition coefficient (Wildman–Crippen LogP) is 0.711. The van der Waals surface area contributed by atoms with Crippen LogP contribution in [0.2, 0.25) is 0 Å². The van der Waals surface area contributed by atoms with Crippen LogP contribution < -0.4 is 0 Å². The minimum Gasteiger partial charge on any atom is -0.395 e. The monoisotopic (exact) mass is 293 g/mol. The summed E-state index contributed by atoms with van der Waals surface area (Å²) in [5.74, 6) is -0.0516. The number of tetrazole rings is 1. The number of aliphatic hydroxyl groups excluding tert-OH is 1. The van der Waals surface area contributed by atoms with Gasteiger partial charge in [-0.2, -0.15) is 4.68 Å². The molecule has 3 rings (SSSR count). The number of amides is 1. The molecule has 0 aromatic carbocycles. The van der Waals surface area contributed by atoms with Gasteiger partial charge in [0, 0.05) is 12.6 Å². The molecule has 0 unspecified atom stereocenters. The van der Waals surface area contributed by atoms with Crippen molar-refractivity contribution >= 4 is 17.2 Å². The fourth-order valence-electron chi connectivity index (χ4n) is 2.30. The molecule has 1 fully saturated rings. The van der Waals surface area contributed by atoms with Gasteiger partial charge in [0.15, 0.2) is 0 Å². The Hall–Kier alpha value is -1.80. The van der Waals surface area contributed by atoms with Crippen LogP contribution >= 0.6 is 11.3 Å². The first-order valence-corrected chi connectivity index (χ1v) is 7.42. The number of thiophene rings is 1. The second-order valence-electron chi connectivity index (χ2n) is 4.70. The van der Waals surface area contributed by atoms with Crippen LogP contribution in [0.5, 0.6) is 0 Å². The van der Waals surface area contributed by atoms with E-state index in [9.17, 15) is 9.90 Å². The molecule has 1 saturated carbocycles. The summed E-state index contributed by atoms with van der Waals surface area (Å²) >= 11 is 1.37. The Labute approximate surface area is 119 Å². The molecule has 1 aliphatic carbocycles. The first-order chi connectivity index (χ1) is 9.81. The molecule has 0 atom stereocenters. The minimum atomic E-state index is -0.0516. The summed E-state index contributed by atoms with van der Waals surface area (Å²) in [6, 6.07) is 2.07. The van der Waals surface area contributed by atoms with Crippen LogP contribution in [0.1, 0.15) is 28.9 Å². The second-order valence-corrected chi connectivity index (χ2v) is 5.61. The average molecular weight is 293 g/mol. The van der Waals surface area contributed by atoms with E-state index in [1.54, 1.807) is 4.90 Å². The molecule has 2 aromatic heterocycles. The van der Waals surface area contributed by atoms with E-state index in [1.165, 1.54) is 22.3 Å². The fourth-order valence-corrected chi connectivity index (χ4v) is 3.13. The number of aliphatic hydroxyl groups is 1. The van der Waals surface area contributed by atoms with Gasteiger partial charge in [-0.3, -0.25) is 4.79 Å². The zero-order valence-electron chi connectivity index (χ0n) is 10.8. The van der Waals surface area contributed by atoms with Gasteiger partial charge >= 0.3 is 0 Å². The lowest BCUT2D eigenvalue weighted by Crippen LogP contribution is -2.45. The standard InChI is InChI=1S/C12H15N5O2S/c18-6-5-16(9-2-1-3-9)12(19)11-10(4-7-20-11)17-8-13-14-15-17/h4,7-9,18H,1-3,5-6H2. The Morgan fingerprint density at radius 2 is 2.40 bits per heavy atom. The first-order valence-electron chi connectivity index (χ1n) is 6.54. The Bertz CT molecular complexity index is 578. The molecule has 8 heteroatoms. The number of rotatable bonds is 5. The normalized spacial score (nSPS) is 15.1. The van der Waals surface area contributed by atoms with Gasteiger partial charge in [0.2, 0.25) is 0 Å². The molecule has 0 bridgehead atoms. The third kappa shape index (κ3) is 2.32. The zero-order valence-corrected chi connectivity index (χ0v) is 11.7. The molecule has 7 nitrogen and oxygen atoms in total. The number of carbonyl (C=O) groups is 1. The van der Waals surface area contributed by atoms with E-state index < -0.39 is 0 Å². The minimum absolute atomic E-state index is 0.0200. The third-order valence-corrected chi connectivity index (χ3v) is 4.44. The summed E-state index contributed by atoms with van der Waals surface area (Å²) in [5, 5.41) is 22.0. The Morgan fingerprint density at radius 1 is 1.55 bits per heavy atom. The summed E-state index contributed by atoms with van der Waals surface area (Å²) in [6.45, 7) is 0.351. The molecule has 106 valence electrons. The van der Waals surface area contributed by atoms with Gasteiger partial charge in [-0.1, -0.05) is 0 Å². The lowest BCUT2D eigenvalue weighted by molar-refractivity contribution is 0.0530. The van der Waals surface area contributed by atoms with Crippen LogP contribution in [0.25, 0.3) is 5.69 Å². The summed E-state index contributed by atoms with van der Waals surface area (Å²) in [6.07, 6.45) is 4.64. The third-order valence-electron chi connectivity index (χ3n) is 3.55. The van der Waals surface area contributed by atoms with Crippen molar-refractivity contribution in [2.24, 2.45) is 0 Å². The highest BCUT2D eigenvalue weighted by Crippen LogP contribution is 2.29. The summed E-state index contributed by atoms with van der Waals surface area (Å²) in [5.41, 5.74) is 0.687. The van der Waals surface area contributed by atoms with E-state index in [0.717, 1.165) is 19.3 Å². The van der Waals surface area contributed by atoms with Crippen molar-refractivity contribution in [3.63, 3.8) is 0 Å². The van der Waals surface area contributed by atoms with Crippen LogP contribution in [0, 0.1) is 0 Å². The number of hydrogen-bond acceptors (Lipinski definition) is 6. The quantitative estimate of drug-likeness (QED) is 0.877. The van der Waals surface area contributed by atoms with E-state index in [2.05, 4.69) is 15.5 Å². The molecule has 20 heavy (non-hydrogen) atoms. The molecule has 1 aliphatic rings. The highest BCUT2D eigenvalue weighted by atomic mass is 32.1. The van der Waals surface area contributed by atoms with Crippen molar-refractivity contribution in [2.75, 3.05) is 13.2 Å². The molecule has 0 saturated heterocycles. The Balaban J connectivity index is 1.87. The molecule has 1 N–H and O–H groups in total. The molecule has 1 amide bonds. The number of aromatic nitrogens is 4. The molecule has 0 spiro atoms. The lowest BCUT2D eigenvalue weighted by atomic mass is 9.91. The summed E-state index contributed by atoms with van der Waals surface area (Å²) in [7, 11) is 0. The summed E-state index contributed by atoms with van der Waals surface area (Å²) < 4.78 is 1.49. The van der Waals surface area contributed by atoms with Crippen molar-refractivity contribution < 1.29 is 9.90 Å². The van der Waals surface area contributed by atoms with E-state index in [4.69, 9.17) is 0 Å². The van der Waals surface area contributed by atoms with Gasteiger partial charge < -0.3 is 10.0 Å². The van der Waals surface area contributed by atoms with Crippen molar-refractivity contribution in [1.82, 2.24) is 25.1 Å². The van der Waals surface area contributed by atoms with Crippen LogP contribution in [0.4, 0.5) is 0 Å². The lowest BCUT2D eigenvalue weighted by Gasteiger charge is -2.37. The molecule has 0 aliphatic heterocycles. The number of carbonyl (C=O) groups excluding carboxylic acids is 1. The average Bonchev–Trinajstić information content (AvgIpc) is 3.05. The van der Waals surface area contributed by atoms with Crippen LogP contribution in [-0.4, -0.2) is 55.3 Å². The topological polar surface area (TPSA) is 84.1 Å². The van der Waals surface area contributed by atoms with Gasteiger partial charge in [0.1, 0.15) is 11.2 Å². The molecular formula is C12H15N5O2S. The van der Waals surface area contributed by atoms with Gasteiger partial charge in [0.25, 0.3) is 5.91 Å². The van der Waals surface area contributed by atoms with Gasteiger partial charge in [-0.05, 0) is 41.1 Å². The van der Waals surface area contributed by atoms with Crippen LogP contribution in [0.15, 0.2) is 17.8 Å². The highest BCUT2D eigenvalue weighted by Gasteiger charge is 2.31. The SMILES string of the molecule is O=C(c1sccc1-n1cnnn1)N(CCO)C1CCC1. The number of nitrogens with zero attached hydrogens (tertiary/aromatic N) is 5. The molecule has 2 aromatic rings. The van der Waals surface area contributed by atoms with E-state index >= 15 is 0 Å². The van der Waals surface area contributed by atoms with Crippen molar-refractivity contribution in [3.05, 3.63) is 22.7 Å².